The first-order valence-electron chi connectivity index (χ1n) is 4.77. The number of thiocarbonyl (C=S) groups is 1. The molecule has 0 aromatic heterocycles. The van der Waals surface area contributed by atoms with E-state index in [0.29, 0.717) is 4.99 Å². The molecule has 0 aliphatic heterocycles. The van der Waals surface area contributed by atoms with E-state index in [2.05, 4.69) is 6.92 Å². The second-order valence-corrected chi connectivity index (χ2v) is 3.50. The third kappa shape index (κ3) is 3.00. The molecule has 0 aliphatic carbocycles. The van der Waals surface area contributed by atoms with Crippen LogP contribution in [-0.2, 0) is 0 Å². The Bertz CT molecular complexity index is 312. The van der Waals surface area contributed by atoms with Gasteiger partial charge in [-0.3, -0.25) is 0 Å². The van der Waals surface area contributed by atoms with Crippen LogP contribution >= 0.6 is 12.2 Å². The molecule has 14 heavy (non-hydrogen) atoms. The van der Waals surface area contributed by atoms with Gasteiger partial charge in [0.05, 0.1) is 12.2 Å². The lowest BCUT2D eigenvalue weighted by atomic mass is 10.2. The number of ether oxygens (including phenoxy) is 1. The lowest BCUT2D eigenvalue weighted by Gasteiger charge is -2.09. The van der Waals surface area contributed by atoms with Crippen LogP contribution in [0.2, 0.25) is 0 Å². The molecule has 0 radical (unpaired) electrons. The van der Waals surface area contributed by atoms with Crippen molar-refractivity contribution in [3.63, 3.8) is 0 Å². The first-order chi connectivity index (χ1) is 6.75. The Hall–Kier alpha value is -1.09. The standard InChI is InChI=1S/C11H15NOS/c1-2-3-8-13-10-7-5-4-6-9(10)11(12)14/h4-7H,2-3,8H2,1H3,(H2,12,14). The monoisotopic (exact) mass is 209 g/mol. The molecule has 1 aromatic rings. The van der Waals surface area contributed by atoms with E-state index in [4.69, 9.17) is 22.7 Å². The van der Waals surface area contributed by atoms with Crippen LogP contribution < -0.4 is 10.5 Å². The van der Waals surface area contributed by atoms with Crippen molar-refractivity contribution in [3.8, 4) is 5.75 Å². The van der Waals surface area contributed by atoms with Gasteiger partial charge in [-0.05, 0) is 18.6 Å². The summed E-state index contributed by atoms with van der Waals surface area (Å²) in [7, 11) is 0. The molecule has 0 saturated heterocycles. The van der Waals surface area contributed by atoms with Gasteiger partial charge in [0.25, 0.3) is 0 Å². The summed E-state index contributed by atoms with van der Waals surface area (Å²) in [6, 6.07) is 7.60. The topological polar surface area (TPSA) is 35.2 Å². The largest absolute Gasteiger partial charge is 0.493 e. The Morgan fingerprint density at radius 2 is 2.14 bits per heavy atom. The van der Waals surface area contributed by atoms with Gasteiger partial charge in [0.1, 0.15) is 10.7 Å². The molecule has 0 unspecified atom stereocenters. The molecule has 0 spiro atoms. The highest BCUT2D eigenvalue weighted by Gasteiger charge is 2.04. The average Bonchev–Trinajstić information content (AvgIpc) is 2.19. The van der Waals surface area contributed by atoms with Gasteiger partial charge in [-0.1, -0.05) is 37.7 Å². The lowest BCUT2D eigenvalue weighted by molar-refractivity contribution is 0.309. The molecule has 76 valence electrons. The molecular formula is C11H15NOS. The second kappa shape index (κ2) is 5.60. The van der Waals surface area contributed by atoms with Gasteiger partial charge in [0.2, 0.25) is 0 Å². The zero-order valence-corrected chi connectivity index (χ0v) is 9.14. The van der Waals surface area contributed by atoms with Crippen molar-refractivity contribution in [2.45, 2.75) is 19.8 Å². The van der Waals surface area contributed by atoms with Crippen molar-refractivity contribution in [2.24, 2.45) is 5.73 Å². The van der Waals surface area contributed by atoms with E-state index in [1.54, 1.807) is 0 Å². The third-order valence-electron chi connectivity index (χ3n) is 1.91. The highest BCUT2D eigenvalue weighted by Crippen LogP contribution is 2.17. The summed E-state index contributed by atoms with van der Waals surface area (Å²) < 4.78 is 5.57. The fraction of sp³-hybridized carbons (Fsp3) is 0.364. The summed E-state index contributed by atoms with van der Waals surface area (Å²) in [6.45, 7) is 2.85. The van der Waals surface area contributed by atoms with E-state index in [1.165, 1.54) is 0 Å². The predicted molar refractivity (Wildman–Crippen MR) is 62.7 cm³/mol. The minimum atomic E-state index is 0.386. The maximum absolute atomic E-state index is 5.57. The van der Waals surface area contributed by atoms with Gasteiger partial charge >= 0.3 is 0 Å². The molecule has 0 atom stereocenters. The first-order valence-corrected chi connectivity index (χ1v) is 5.18. The van der Waals surface area contributed by atoms with Crippen molar-refractivity contribution in [2.75, 3.05) is 6.61 Å². The van der Waals surface area contributed by atoms with Crippen LogP contribution in [-0.4, -0.2) is 11.6 Å². The number of hydrogen-bond acceptors (Lipinski definition) is 2. The molecule has 0 aliphatic rings. The van der Waals surface area contributed by atoms with Crippen LogP contribution in [0.3, 0.4) is 0 Å². The Labute approximate surface area is 90.1 Å². The fourth-order valence-corrected chi connectivity index (χ4v) is 1.29. The molecule has 3 heteroatoms. The van der Waals surface area contributed by atoms with Gasteiger partial charge in [-0.2, -0.15) is 0 Å². The predicted octanol–water partition coefficient (Wildman–Crippen LogP) is 2.50. The van der Waals surface area contributed by atoms with Crippen LogP contribution in [0.25, 0.3) is 0 Å². The Kier molecular flexibility index (Phi) is 4.40. The van der Waals surface area contributed by atoms with Gasteiger partial charge in [0.15, 0.2) is 0 Å². The third-order valence-corrected chi connectivity index (χ3v) is 2.13. The quantitative estimate of drug-likeness (QED) is 0.598. The molecule has 0 amide bonds. The number of para-hydroxylation sites is 1. The second-order valence-electron chi connectivity index (χ2n) is 3.06. The molecule has 0 bridgehead atoms. The smallest absolute Gasteiger partial charge is 0.129 e. The van der Waals surface area contributed by atoms with Gasteiger partial charge in [0, 0.05) is 0 Å². The van der Waals surface area contributed by atoms with Gasteiger partial charge < -0.3 is 10.5 Å². The van der Waals surface area contributed by atoms with Crippen molar-refractivity contribution < 1.29 is 4.74 Å². The zero-order valence-electron chi connectivity index (χ0n) is 8.32. The first kappa shape index (κ1) is 11.0. The summed E-state index contributed by atoms with van der Waals surface area (Å²) in [4.78, 5) is 0.386. The normalized spacial score (nSPS) is 9.79. The van der Waals surface area contributed by atoms with Gasteiger partial charge in [-0.25, -0.2) is 0 Å². The summed E-state index contributed by atoms with van der Waals surface area (Å²) in [5, 5.41) is 0. The van der Waals surface area contributed by atoms with Crippen molar-refractivity contribution >= 4 is 17.2 Å². The maximum atomic E-state index is 5.57. The Morgan fingerprint density at radius 3 is 2.79 bits per heavy atom. The van der Waals surface area contributed by atoms with Gasteiger partial charge in [-0.15, -0.1) is 0 Å². The molecule has 0 heterocycles. The SMILES string of the molecule is CCCCOc1ccccc1C(N)=S. The minimum absolute atomic E-state index is 0.386. The molecule has 0 fully saturated rings. The van der Waals surface area contributed by atoms with Crippen molar-refractivity contribution in [1.82, 2.24) is 0 Å². The van der Waals surface area contributed by atoms with Crippen LogP contribution in [0.1, 0.15) is 25.3 Å². The molecule has 0 saturated carbocycles. The van der Waals surface area contributed by atoms with E-state index in [0.717, 1.165) is 30.8 Å². The molecule has 2 nitrogen and oxygen atoms in total. The van der Waals surface area contributed by atoms with E-state index >= 15 is 0 Å². The summed E-state index contributed by atoms with van der Waals surface area (Å²) in [6.07, 6.45) is 2.17. The number of hydrogen-bond donors (Lipinski definition) is 1. The molecule has 1 rings (SSSR count). The van der Waals surface area contributed by atoms with Crippen LogP contribution in [0.5, 0.6) is 5.75 Å². The van der Waals surface area contributed by atoms with Crippen molar-refractivity contribution in [3.05, 3.63) is 29.8 Å². The number of benzene rings is 1. The van der Waals surface area contributed by atoms with Crippen LogP contribution in [0.15, 0.2) is 24.3 Å². The fourth-order valence-electron chi connectivity index (χ4n) is 1.12. The number of nitrogens with two attached hydrogens (primary N) is 1. The molecule has 1 aromatic carbocycles. The zero-order chi connectivity index (χ0) is 10.4. The lowest BCUT2D eigenvalue weighted by Crippen LogP contribution is -2.11. The molecular weight excluding hydrogens is 194 g/mol. The van der Waals surface area contributed by atoms with E-state index in [9.17, 15) is 0 Å². The van der Waals surface area contributed by atoms with Crippen LogP contribution in [0.4, 0.5) is 0 Å². The van der Waals surface area contributed by atoms with E-state index < -0.39 is 0 Å². The van der Waals surface area contributed by atoms with E-state index in [-0.39, 0.29) is 0 Å². The minimum Gasteiger partial charge on any atom is -0.493 e. The Balaban J connectivity index is 2.69. The maximum Gasteiger partial charge on any atom is 0.129 e. The molecule has 2 N–H and O–H groups in total. The van der Waals surface area contributed by atoms with Crippen molar-refractivity contribution in [1.29, 1.82) is 0 Å². The highest BCUT2D eigenvalue weighted by atomic mass is 32.1. The van der Waals surface area contributed by atoms with Crippen LogP contribution in [0, 0.1) is 0 Å². The Morgan fingerprint density at radius 1 is 1.43 bits per heavy atom. The summed E-state index contributed by atoms with van der Waals surface area (Å²) >= 11 is 4.93. The summed E-state index contributed by atoms with van der Waals surface area (Å²) in [5.74, 6) is 0.786. The number of unbranched alkanes of at least 4 members (excludes halogenated alkanes) is 1. The van der Waals surface area contributed by atoms with E-state index in [1.807, 2.05) is 24.3 Å². The average molecular weight is 209 g/mol. The number of rotatable bonds is 5. The highest BCUT2D eigenvalue weighted by molar-refractivity contribution is 7.80. The summed E-state index contributed by atoms with van der Waals surface area (Å²) in [5.41, 5.74) is 6.39.